The van der Waals surface area contributed by atoms with E-state index < -0.39 is 0 Å². The maximum absolute atomic E-state index is 12.6. The molecule has 2 amide bonds. The quantitative estimate of drug-likeness (QED) is 0.402. The van der Waals surface area contributed by atoms with Gasteiger partial charge in [-0.1, -0.05) is 18.7 Å². The van der Waals surface area contributed by atoms with E-state index in [0.717, 1.165) is 41.9 Å². The van der Waals surface area contributed by atoms with Crippen molar-refractivity contribution in [3.8, 4) is 11.3 Å². The average Bonchev–Trinajstić information content (AvgIpc) is 3.33. The van der Waals surface area contributed by atoms with Gasteiger partial charge < -0.3 is 10.2 Å². The highest BCUT2D eigenvalue weighted by molar-refractivity contribution is 6.03. The van der Waals surface area contributed by atoms with Gasteiger partial charge >= 0.3 is 0 Å². The molecule has 0 radical (unpaired) electrons. The Labute approximate surface area is 208 Å². The smallest absolute Gasteiger partial charge is 0.258 e. The number of anilines is 2. The Morgan fingerprint density at radius 2 is 1.86 bits per heavy atom. The van der Waals surface area contributed by atoms with Crippen LogP contribution in [0.2, 0.25) is 0 Å². The van der Waals surface area contributed by atoms with Crippen LogP contribution in [0, 0.1) is 0 Å². The van der Waals surface area contributed by atoms with Crippen LogP contribution in [0.1, 0.15) is 41.5 Å². The minimum atomic E-state index is -0.304. The fraction of sp³-hybridized carbons (Fsp3) is 0.231. The van der Waals surface area contributed by atoms with Gasteiger partial charge in [0.05, 0.1) is 6.04 Å². The molecular formula is C26H26N8O2. The van der Waals surface area contributed by atoms with Gasteiger partial charge in [0.2, 0.25) is 11.9 Å². The standard InChI is InChI=1S/C26H26N8O2/c1-3-20(35)33-15-5-4-7-19(33)24-31-21(22-23(27-2)28-14-16-34(22)24)17-8-10-18(11-9-17)25(36)32-26-29-12-6-13-30-26/h3,6,8-14,16,19H,1,4-5,7,15H2,2H3,(H,27,28)(H,29,30,32,36). The van der Waals surface area contributed by atoms with Gasteiger partial charge in [-0.3, -0.25) is 19.3 Å². The Morgan fingerprint density at radius 3 is 2.58 bits per heavy atom. The van der Waals surface area contributed by atoms with E-state index in [9.17, 15) is 9.59 Å². The maximum atomic E-state index is 12.6. The van der Waals surface area contributed by atoms with Crippen LogP contribution in [0.25, 0.3) is 16.8 Å². The molecule has 36 heavy (non-hydrogen) atoms. The zero-order chi connectivity index (χ0) is 25.1. The highest BCUT2D eigenvalue weighted by Crippen LogP contribution is 2.36. The molecule has 3 aromatic heterocycles. The SMILES string of the molecule is C=CC(=O)N1CCCCC1c1nc(-c2ccc(C(=O)Nc3ncccn3)cc2)c2c(NC)nccn12. The van der Waals surface area contributed by atoms with Crippen LogP contribution in [0.15, 0.2) is 67.8 Å². The van der Waals surface area contributed by atoms with Gasteiger partial charge in [0, 0.05) is 49.5 Å². The second-order valence-electron chi connectivity index (χ2n) is 8.41. The topological polar surface area (TPSA) is 117 Å². The Bertz CT molecular complexity index is 1420. The molecule has 1 saturated heterocycles. The lowest BCUT2D eigenvalue weighted by Crippen LogP contribution is -2.38. The third-order valence-corrected chi connectivity index (χ3v) is 6.29. The van der Waals surface area contributed by atoms with Crippen molar-refractivity contribution < 1.29 is 9.59 Å². The zero-order valence-corrected chi connectivity index (χ0v) is 19.9. The Balaban J connectivity index is 1.54. The largest absolute Gasteiger partial charge is 0.371 e. The molecule has 5 rings (SSSR count). The highest BCUT2D eigenvalue weighted by atomic mass is 16.2. The molecule has 4 heterocycles. The van der Waals surface area contributed by atoms with Gasteiger partial charge in [-0.05, 0) is 43.5 Å². The summed E-state index contributed by atoms with van der Waals surface area (Å²) >= 11 is 0. The fourth-order valence-electron chi connectivity index (χ4n) is 4.58. The number of amides is 2. The lowest BCUT2D eigenvalue weighted by molar-refractivity contribution is -0.129. The molecule has 0 bridgehead atoms. The molecule has 0 saturated carbocycles. The van der Waals surface area contributed by atoms with Gasteiger partial charge in [-0.2, -0.15) is 0 Å². The minimum absolute atomic E-state index is 0.0985. The molecule has 0 spiro atoms. The molecule has 1 aliphatic heterocycles. The lowest BCUT2D eigenvalue weighted by Gasteiger charge is -2.34. The second kappa shape index (κ2) is 9.95. The molecule has 4 aromatic rings. The summed E-state index contributed by atoms with van der Waals surface area (Å²) in [4.78, 5) is 44.7. The number of nitrogens with zero attached hydrogens (tertiary/aromatic N) is 6. The number of nitrogens with one attached hydrogen (secondary N) is 2. The van der Waals surface area contributed by atoms with Crippen LogP contribution in [0.5, 0.6) is 0 Å². The number of rotatable bonds is 6. The highest BCUT2D eigenvalue weighted by Gasteiger charge is 2.31. The minimum Gasteiger partial charge on any atom is -0.371 e. The van der Waals surface area contributed by atoms with Crippen molar-refractivity contribution in [1.29, 1.82) is 0 Å². The molecule has 1 fully saturated rings. The molecule has 2 N–H and O–H groups in total. The van der Waals surface area contributed by atoms with E-state index in [1.165, 1.54) is 6.08 Å². The number of carbonyl (C=O) groups is 2. The summed E-state index contributed by atoms with van der Waals surface area (Å²) in [5.74, 6) is 1.29. The van der Waals surface area contributed by atoms with Crippen molar-refractivity contribution in [3.05, 3.63) is 79.2 Å². The van der Waals surface area contributed by atoms with E-state index in [2.05, 4.69) is 32.2 Å². The number of carbonyl (C=O) groups excluding carboxylic acids is 2. The van der Waals surface area contributed by atoms with Crippen LogP contribution < -0.4 is 10.6 Å². The summed E-state index contributed by atoms with van der Waals surface area (Å²) in [5, 5.41) is 5.84. The van der Waals surface area contributed by atoms with E-state index in [0.29, 0.717) is 17.9 Å². The molecule has 10 nitrogen and oxygen atoms in total. The Kier molecular flexibility index (Phi) is 6.40. The van der Waals surface area contributed by atoms with Gasteiger partial charge in [-0.15, -0.1) is 0 Å². The van der Waals surface area contributed by atoms with Crippen molar-refractivity contribution in [3.63, 3.8) is 0 Å². The number of fused-ring (bicyclic) bond motifs is 1. The summed E-state index contributed by atoms with van der Waals surface area (Å²) < 4.78 is 2.00. The van der Waals surface area contributed by atoms with E-state index >= 15 is 0 Å². The number of hydrogen-bond donors (Lipinski definition) is 2. The number of imidazole rings is 1. The summed E-state index contributed by atoms with van der Waals surface area (Å²) in [6.07, 6.45) is 10.9. The third kappa shape index (κ3) is 4.28. The van der Waals surface area contributed by atoms with Gasteiger partial charge in [0.25, 0.3) is 5.91 Å². The van der Waals surface area contributed by atoms with E-state index in [-0.39, 0.29) is 23.8 Å². The summed E-state index contributed by atoms with van der Waals surface area (Å²) in [5.41, 5.74) is 2.82. The lowest BCUT2D eigenvalue weighted by atomic mass is 10.0. The van der Waals surface area contributed by atoms with E-state index in [1.54, 1.807) is 36.8 Å². The fourth-order valence-corrected chi connectivity index (χ4v) is 4.58. The van der Waals surface area contributed by atoms with Crippen molar-refractivity contribution >= 4 is 29.1 Å². The number of aromatic nitrogens is 5. The van der Waals surface area contributed by atoms with Gasteiger partial charge in [0.15, 0.2) is 5.82 Å². The Hall–Kier alpha value is -4.60. The maximum Gasteiger partial charge on any atom is 0.258 e. The molecule has 1 aliphatic rings. The van der Waals surface area contributed by atoms with Crippen LogP contribution in [0.4, 0.5) is 11.8 Å². The number of piperidine rings is 1. The Morgan fingerprint density at radius 1 is 1.08 bits per heavy atom. The number of hydrogen-bond acceptors (Lipinski definition) is 7. The first-order chi connectivity index (χ1) is 17.6. The van der Waals surface area contributed by atoms with Crippen LogP contribution in [0.3, 0.4) is 0 Å². The van der Waals surface area contributed by atoms with Crippen molar-refractivity contribution in [2.45, 2.75) is 25.3 Å². The van der Waals surface area contributed by atoms with Crippen LogP contribution >= 0.6 is 0 Å². The van der Waals surface area contributed by atoms with Gasteiger partial charge in [-0.25, -0.2) is 19.9 Å². The molecule has 10 heteroatoms. The second-order valence-corrected chi connectivity index (χ2v) is 8.41. The van der Waals surface area contributed by atoms with Crippen LogP contribution in [-0.4, -0.2) is 54.6 Å². The summed E-state index contributed by atoms with van der Waals surface area (Å²) in [7, 11) is 1.81. The van der Waals surface area contributed by atoms with E-state index in [4.69, 9.17) is 4.98 Å². The first-order valence-electron chi connectivity index (χ1n) is 11.8. The number of benzene rings is 1. The average molecular weight is 483 g/mol. The zero-order valence-electron chi connectivity index (χ0n) is 19.9. The number of likely N-dealkylation sites (tertiary alicyclic amines) is 1. The molecule has 1 atom stereocenters. The van der Waals surface area contributed by atoms with E-state index in [1.807, 2.05) is 34.7 Å². The van der Waals surface area contributed by atoms with Crippen molar-refractivity contribution in [2.24, 2.45) is 0 Å². The monoisotopic (exact) mass is 482 g/mol. The molecule has 182 valence electrons. The molecule has 0 aliphatic carbocycles. The first kappa shape index (κ1) is 23.2. The first-order valence-corrected chi connectivity index (χ1v) is 11.8. The summed E-state index contributed by atoms with van der Waals surface area (Å²) in [6.45, 7) is 4.34. The third-order valence-electron chi connectivity index (χ3n) is 6.29. The predicted octanol–water partition coefficient (Wildman–Crippen LogP) is 3.72. The van der Waals surface area contributed by atoms with Crippen molar-refractivity contribution in [2.75, 3.05) is 24.2 Å². The normalized spacial score (nSPS) is 15.5. The predicted molar refractivity (Wildman–Crippen MR) is 136 cm³/mol. The molecule has 1 aromatic carbocycles. The molecule has 1 unspecified atom stereocenters. The molecular weight excluding hydrogens is 456 g/mol. The van der Waals surface area contributed by atoms with Crippen molar-refractivity contribution in [1.82, 2.24) is 29.2 Å². The van der Waals surface area contributed by atoms with Crippen LogP contribution in [-0.2, 0) is 4.79 Å². The summed E-state index contributed by atoms with van der Waals surface area (Å²) in [6, 6.07) is 8.69. The van der Waals surface area contributed by atoms with Gasteiger partial charge in [0.1, 0.15) is 17.0 Å².